The fraction of sp³-hybridized carbons (Fsp3) is 0.100. The van der Waals surface area contributed by atoms with Gasteiger partial charge in [-0.25, -0.2) is 0 Å². The van der Waals surface area contributed by atoms with E-state index in [4.69, 9.17) is 27.9 Å². The summed E-state index contributed by atoms with van der Waals surface area (Å²) in [6.07, 6.45) is 3.27. The molecule has 28 heavy (non-hydrogen) atoms. The van der Waals surface area contributed by atoms with Crippen LogP contribution in [0.5, 0.6) is 5.75 Å². The number of carbonyl (C=O) groups is 2. The molecule has 0 atom stereocenters. The zero-order chi connectivity index (χ0) is 20.3. The molecule has 4 nitrogen and oxygen atoms in total. The van der Waals surface area contributed by atoms with Gasteiger partial charge in [0.1, 0.15) is 12.4 Å². The highest BCUT2D eigenvalue weighted by atomic mass is 79.9. The number of nitrogens with zero attached hydrogens (tertiary/aromatic N) is 1. The molecule has 144 valence electrons. The fourth-order valence-corrected chi connectivity index (χ4v) is 4.26. The average Bonchev–Trinajstić information content (AvgIpc) is 2.91. The average molecular weight is 499 g/mol. The summed E-state index contributed by atoms with van der Waals surface area (Å²) in [5.41, 5.74) is 1.21. The predicted octanol–water partition coefficient (Wildman–Crippen LogP) is 6.56. The second-order valence-electron chi connectivity index (χ2n) is 5.75. The van der Waals surface area contributed by atoms with Crippen LogP contribution in [0.3, 0.4) is 0 Å². The Kier molecular flexibility index (Phi) is 6.88. The maximum absolute atomic E-state index is 12.8. The Hall–Kier alpha value is -1.73. The normalized spacial score (nSPS) is 15.4. The van der Waals surface area contributed by atoms with E-state index < -0.39 is 5.91 Å². The summed E-state index contributed by atoms with van der Waals surface area (Å²) in [5.74, 6) is 0.185. The first-order valence-electron chi connectivity index (χ1n) is 8.12. The Labute approximate surface area is 185 Å². The molecule has 1 heterocycles. The van der Waals surface area contributed by atoms with E-state index in [-0.39, 0.29) is 11.8 Å². The van der Waals surface area contributed by atoms with Gasteiger partial charge in [-0.05, 0) is 48.2 Å². The molecule has 1 fully saturated rings. The number of carbonyl (C=O) groups excluding carboxylic acids is 2. The van der Waals surface area contributed by atoms with Crippen molar-refractivity contribution in [2.75, 3.05) is 6.61 Å². The lowest BCUT2D eigenvalue weighted by Crippen LogP contribution is -2.27. The molecule has 0 bridgehead atoms. The lowest BCUT2D eigenvalue weighted by molar-refractivity contribution is -0.123. The Balaban J connectivity index is 1.89. The SMILES string of the molecule is C=CCOc1ccc(Br)cc1/C=C1/SC(=O)N(Cc2c(Cl)cccc2Cl)C1=O. The van der Waals surface area contributed by atoms with Gasteiger partial charge in [-0.15, -0.1) is 0 Å². The Morgan fingerprint density at radius 2 is 1.89 bits per heavy atom. The van der Waals surface area contributed by atoms with Crippen molar-refractivity contribution in [1.82, 2.24) is 4.90 Å². The molecule has 1 aliphatic heterocycles. The highest BCUT2D eigenvalue weighted by molar-refractivity contribution is 9.10. The number of hydrogen-bond donors (Lipinski definition) is 0. The molecule has 3 rings (SSSR count). The molecule has 0 saturated carbocycles. The van der Waals surface area contributed by atoms with Crippen molar-refractivity contribution in [3.63, 3.8) is 0 Å². The van der Waals surface area contributed by atoms with Gasteiger partial charge in [0.05, 0.1) is 11.4 Å². The first kappa shape index (κ1) is 21.0. The summed E-state index contributed by atoms with van der Waals surface area (Å²) in [6, 6.07) is 10.5. The largest absolute Gasteiger partial charge is 0.489 e. The molecule has 0 aromatic heterocycles. The van der Waals surface area contributed by atoms with Crippen molar-refractivity contribution in [3.05, 3.63) is 79.6 Å². The van der Waals surface area contributed by atoms with Crippen LogP contribution in [0.1, 0.15) is 11.1 Å². The standard InChI is InChI=1S/C20H14BrCl2NO3S/c1-2-8-27-17-7-6-13(21)9-12(17)10-18-19(25)24(20(26)28-18)11-14-15(22)4-3-5-16(14)23/h2-7,9-10H,1,8,11H2/b18-10+. The lowest BCUT2D eigenvalue weighted by atomic mass is 10.1. The number of hydrogen-bond acceptors (Lipinski definition) is 4. The number of rotatable bonds is 6. The number of ether oxygens (including phenoxy) is 1. The summed E-state index contributed by atoms with van der Waals surface area (Å²) in [5, 5.41) is 0.432. The molecule has 0 N–H and O–H groups in total. The molecule has 1 aliphatic rings. The van der Waals surface area contributed by atoms with E-state index >= 15 is 0 Å². The summed E-state index contributed by atoms with van der Waals surface area (Å²) >= 11 is 16.6. The van der Waals surface area contributed by atoms with E-state index in [1.54, 1.807) is 36.4 Å². The maximum atomic E-state index is 12.8. The monoisotopic (exact) mass is 497 g/mol. The zero-order valence-corrected chi connectivity index (χ0v) is 18.4. The summed E-state index contributed by atoms with van der Waals surface area (Å²) < 4.78 is 6.46. The first-order valence-corrected chi connectivity index (χ1v) is 10.5. The Morgan fingerprint density at radius 3 is 2.57 bits per heavy atom. The fourth-order valence-electron chi connectivity index (χ4n) is 2.53. The van der Waals surface area contributed by atoms with Crippen LogP contribution in [-0.2, 0) is 11.3 Å². The van der Waals surface area contributed by atoms with Gasteiger partial charge in [-0.3, -0.25) is 14.5 Å². The zero-order valence-electron chi connectivity index (χ0n) is 14.5. The number of benzene rings is 2. The van der Waals surface area contributed by atoms with E-state index in [1.807, 2.05) is 12.1 Å². The van der Waals surface area contributed by atoms with Crippen molar-refractivity contribution in [2.24, 2.45) is 0 Å². The number of thioether (sulfide) groups is 1. The highest BCUT2D eigenvalue weighted by Gasteiger charge is 2.36. The molecule has 1 saturated heterocycles. The molecule has 2 aromatic rings. The van der Waals surface area contributed by atoms with Crippen LogP contribution in [0.15, 0.2) is 58.4 Å². The van der Waals surface area contributed by atoms with E-state index in [0.717, 1.165) is 21.1 Å². The van der Waals surface area contributed by atoms with Crippen LogP contribution in [0.4, 0.5) is 4.79 Å². The molecule has 2 aromatic carbocycles. The second-order valence-corrected chi connectivity index (χ2v) is 8.47. The quantitative estimate of drug-likeness (QED) is 0.334. The number of halogens is 3. The number of imide groups is 1. The minimum atomic E-state index is -0.402. The van der Waals surface area contributed by atoms with Crippen molar-refractivity contribution in [3.8, 4) is 5.75 Å². The second kappa shape index (κ2) is 9.18. The molecular formula is C20H14BrCl2NO3S. The lowest BCUT2D eigenvalue weighted by Gasteiger charge is -2.14. The highest BCUT2D eigenvalue weighted by Crippen LogP contribution is 2.37. The van der Waals surface area contributed by atoms with E-state index in [9.17, 15) is 9.59 Å². The van der Waals surface area contributed by atoms with Crippen LogP contribution < -0.4 is 4.74 Å². The van der Waals surface area contributed by atoms with Crippen LogP contribution in [0, 0.1) is 0 Å². The van der Waals surface area contributed by atoms with Gasteiger partial charge in [0.2, 0.25) is 0 Å². The predicted molar refractivity (Wildman–Crippen MR) is 118 cm³/mol. The molecular weight excluding hydrogens is 485 g/mol. The smallest absolute Gasteiger partial charge is 0.293 e. The summed E-state index contributed by atoms with van der Waals surface area (Å²) in [6.45, 7) is 3.97. The molecule has 0 radical (unpaired) electrons. The third kappa shape index (κ3) is 4.63. The number of amides is 2. The van der Waals surface area contributed by atoms with Crippen LogP contribution in [0.2, 0.25) is 10.0 Å². The van der Waals surface area contributed by atoms with E-state index in [2.05, 4.69) is 22.5 Å². The maximum Gasteiger partial charge on any atom is 0.293 e. The van der Waals surface area contributed by atoms with Gasteiger partial charge in [-0.1, -0.05) is 57.9 Å². The van der Waals surface area contributed by atoms with Crippen molar-refractivity contribution >= 4 is 68.1 Å². The summed E-state index contributed by atoms with van der Waals surface area (Å²) in [4.78, 5) is 26.7. The van der Waals surface area contributed by atoms with Gasteiger partial charge in [0.15, 0.2) is 0 Å². The third-order valence-electron chi connectivity index (χ3n) is 3.87. The van der Waals surface area contributed by atoms with Gasteiger partial charge in [0, 0.05) is 25.6 Å². The summed E-state index contributed by atoms with van der Waals surface area (Å²) in [7, 11) is 0. The molecule has 2 amide bonds. The van der Waals surface area contributed by atoms with E-state index in [1.165, 1.54) is 0 Å². The first-order chi connectivity index (χ1) is 13.4. The van der Waals surface area contributed by atoms with Gasteiger partial charge in [0.25, 0.3) is 11.1 Å². The Bertz CT molecular complexity index is 973. The van der Waals surface area contributed by atoms with Crippen LogP contribution in [0.25, 0.3) is 6.08 Å². The van der Waals surface area contributed by atoms with Crippen molar-refractivity contribution < 1.29 is 14.3 Å². The molecule has 0 unspecified atom stereocenters. The van der Waals surface area contributed by atoms with E-state index in [0.29, 0.717) is 38.4 Å². The van der Waals surface area contributed by atoms with Gasteiger partial charge >= 0.3 is 0 Å². The van der Waals surface area contributed by atoms with Crippen LogP contribution in [-0.4, -0.2) is 22.7 Å². The van der Waals surface area contributed by atoms with Gasteiger partial charge in [-0.2, -0.15) is 0 Å². The van der Waals surface area contributed by atoms with Crippen molar-refractivity contribution in [2.45, 2.75) is 6.54 Å². The molecule has 8 heteroatoms. The third-order valence-corrected chi connectivity index (χ3v) is 5.98. The minimum absolute atomic E-state index is 0.0127. The van der Waals surface area contributed by atoms with Gasteiger partial charge < -0.3 is 4.74 Å². The Morgan fingerprint density at radius 1 is 1.18 bits per heavy atom. The van der Waals surface area contributed by atoms with Crippen LogP contribution >= 0.6 is 50.9 Å². The van der Waals surface area contributed by atoms with Crippen molar-refractivity contribution in [1.29, 1.82) is 0 Å². The minimum Gasteiger partial charge on any atom is -0.489 e. The molecule has 0 spiro atoms. The molecule has 0 aliphatic carbocycles. The topological polar surface area (TPSA) is 46.6 Å².